The molecule has 1 unspecified atom stereocenters. The second-order valence-electron chi connectivity index (χ2n) is 8.00. The minimum Gasteiger partial charge on any atom is -0.375 e. The highest BCUT2D eigenvalue weighted by Crippen LogP contribution is 2.72. The number of ether oxygens (including phenoxy) is 1. The molecule has 0 radical (unpaired) electrons. The predicted molar refractivity (Wildman–Crippen MR) is 99.4 cm³/mol. The van der Waals surface area contributed by atoms with Crippen molar-refractivity contribution in [2.45, 2.75) is 44.8 Å². The van der Waals surface area contributed by atoms with Crippen LogP contribution < -0.4 is 0 Å². The Morgan fingerprint density at radius 2 is 1.90 bits per heavy atom. The fourth-order valence-corrected chi connectivity index (χ4v) is 13.4. The first-order valence-corrected chi connectivity index (χ1v) is 12.7. The zero-order valence-corrected chi connectivity index (χ0v) is 16.4. The van der Waals surface area contributed by atoms with E-state index in [4.69, 9.17) is 4.74 Å². The maximum absolute atomic E-state index is 6.09. The smallest absolute Gasteiger partial charge is 0.0660 e. The summed E-state index contributed by atoms with van der Waals surface area (Å²) in [7, 11) is -1.22. The van der Waals surface area contributed by atoms with Gasteiger partial charge in [-0.1, -0.05) is 6.08 Å². The first-order chi connectivity index (χ1) is 8.84. The Labute approximate surface area is 130 Å². The molecular weight excluding hydrogens is 286 g/mol. The minimum atomic E-state index is -0.659. The van der Waals surface area contributed by atoms with Crippen LogP contribution in [0.3, 0.4) is 0 Å². The molecule has 1 rings (SSSR count). The molecule has 0 spiro atoms. The van der Waals surface area contributed by atoms with Gasteiger partial charge in [-0.05, 0) is 64.9 Å². The van der Waals surface area contributed by atoms with E-state index in [2.05, 4.69) is 62.3 Å². The van der Waals surface area contributed by atoms with Gasteiger partial charge in [0.25, 0.3) is 0 Å². The molecule has 1 heterocycles. The van der Waals surface area contributed by atoms with E-state index in [-0.39, 0.29) is 5.60 Å². The Kier molecular flexibility index (Phi) is 5.40. The summed E-state index contributed by atoms with van der Waals surface area (Å²) in [6, 6.07) is 0. The molecule has 20 heavy (non-hydrogen) atoms. The van der Waals surface area contributed by atoms with Crippen molar-refractivity contribution in [3.63, 3.8) is 0 Å². The molecule has 0 saturated carbocycles. The van der Waals surface area contributed by atoms with E-state index in [0.717, 1.165) is 19.4 Å². The lowest BCUT2D eigenvalue weighted by Crippen LogP contribution is -2.62. The summed E-state index contributed by atoms with van der Waals surface area (Å²) >= 11 is 0. The zero-order valence-electron chi connectivity index (χ0n) is 14.8. The van der Waals surface area contributed by atoms with Gasteiger partial charge >= 0.3 is 0 Å². The first kappa shape index (κ1) is 18.4. The van der Waals surface area contributed by atoms with Crippen LogP contribution in [0.2, 0.25) is 0 Å². The molecule has 1 aliphatic rings. The average Bonchev–Trinajstić information content (AvgIpc) is 2.10. The molecular formula is C16H35NOS2. The SMILES string of the molecule is C=CCC(C)(C)OCCC1(C)CS(C)(C)N1S(C)(C)C. The number of rotatable bonds is 7. The molecule has 122 valence electrons. The third-order valence-electron chi connectivity index (χ3n) is 3.82. The summed E-state index contributed by atoms with van der Waals surface area (Å²) in [5, 5.41) is 0. The molecule has 4 heteroatoms. The van der Waals surface area contributed by atoms with Crippen LogP contribution in [0.5, 0.6) is 0 Å². The fraction of sp³-hybridized carbons (Fsp3) is 0.875. The van der Waals surface area contributed by atoms with Crippen molar-refractivity contribution < 1.29 is 4.74 Å². The van der Waals surface area contributed by atoms with Crippen LogP contribution in [-0.2, 0) is 4.74 Å². The second-order valence-corrected chi connectivity index (χ2v) is 15.8. The van der Waals surface area contributed by atoms with Gasteiger partial charge in [-0.15, -0.1) is 6.58 Å². The normalized spacial score (nSPS) is 29.6. The van der Waals surface area contributed by atoms with Crippen molar-refractivity contribution in [2.24, 2.45) is 0 Å². The van der Waals surface area contributed by atoms with Gasteiger partial charge in [-0.25, -0.2) is 3.71 Å². The summed E-state index contributed by atoms with van der Waals surface area (Å²) in [4.78, 5) is 0. The second kappa shape index (κ2) is 5.86. The van der Waals surface area contributed by atoms with Crippen molar-refractivity contribution in [3.05, 3.63) is 12.7 Å². The summed E-state index contributed by atoms with van der Waals surface area (Å²) in [6.07, 6.45) is 16.2. The quantitative estimate of drug-likeness (QED) is 0.644. The monoisotopic (exact) mass is 321 g/mol. The van der Waals surface area contributed by atoms with Crippen LogP contribution in [0, 0.1) is 0 Å². The van der Waals surface area contributed by atoms with Gasteiger partial charge in [0, 0.05) is 17.9 Å². The highest BCUT2D eigenvalue weighted by atomic mass is 32.3. The van der Waals surface area contributed by atoms with Crippen molar-refractivity contribution in [3.8, 4) is 0 Å². The lowest BCUT2D eigenvalue weighted by Gasteiger charge is -2.71. The van der Waals surface area contributed by atoms with Gasteiger partial charge in [-0.2, -0.15) is 20.4 Å². The highest BCUT2D eigenvalue weighted by Gasteiger charge is 2.53. The third kappa shape index (κ3) is 4.19. The van der Waals surface area contributed by atoms with E-state index in [1.807, 2.05) is 6.08 Å². The van der Waals surface area contributed by atoms with Gasteiger partial charge in [0.1, 0.15) is 0 Å². The van der Waals surface area contributed by atoms with Gasteiger partial charge < -0.3 is 4.74 Å². The van der Waals surface area contributed by atoms with Crippen LogP contribution >= 0.6 is 20.4 Å². The van der Waals surface area contributed by atoms with Crippen molar-refractivity contribution in [1.82, 2.24) is 3.71 Å². The zero-order chi connectivity index (χ0) is 15.8. The Hall–Kier alpha value is 0.360. The fourth-order valence-electron chi connectivity index (χ4n) is 3.78. The van der Waals surface area contributed by atoms with Crippen molar-refractivity contribution in [1.29, 1.82) is 0 Å². The summed E-state index contributed by atoms with van der Waals surface area (Å²) in [6.45, 7) is 11.4. The lowest BCUT2D eigenvalue weighted by atomic mass is 10.0. The van der Waals surface area contributed by atoms with Crippen LogP contribution in [0.1, 0.15) is 33.6 Å². The number of nitrogens with zero attached hydrogens (tertiary/aromatic N) is 1. The summed E-state index contributed by atoms with van der Waals surface area (Å²) < 4.78 is 8.92. The summed E-state index contributed by atoms with van der Waals surface area (Å²) in [5.41, 5.74) is 0.250. The molecule has 1 aliphatic heterocycles. The molecule has 0 aromatic rings. The van der Waals surface area contributed by atoms with Gasteiger partial charge in [0.15, 0.2) is 0 Å². The van der Waals surface area contributed by atoms with E-state index >= 15 is 0 Å². The van der Waals surface area contributed by atoms with Gasteiger partial charge in [0.2, 0.25) is 0 Å². The van der Waals surface area contributed by atoms with Crippen LogP contribution in [-0.4, -0.2) is 58.5 Å². The molecule has 0 aromatic carbocycles. The molecule has 0 aromatic heterocycles. The third-order valence-corrected chi connectivity index (χ3v) is 10.5. The number of hydrogen-bond acceptors (Lipinski definition) is 2. The standard InChI is InChI=1S/C16H35NOS2/c1-10-11-15(2,3)18-13-12-16(4)14-20(8,9)17(16)19(5,6)7/h10H,1,11-14H2,2-9H3. The van der Waals surface area contributed by atoms with Crippen LogP contribution in [0.15, 0.2) is 12.7 Å². The van der Waals surface area contributed by atoms with E-state index in [1.165, 1.54) is 5.75 Å². The van der Waals surface area contributed by atoms with E-state index in [1.54, 1.807) is 0 Å². The Balaban J connectivity index is 2.61. The van der Waals surface area contributed by atoms with Gasteiger partial charge in [0.05, 0.1) is 5.60 Å². The van der Waals surface area contributed by atoms with Gasteiger partial charge in [-0.3, -0.25) is 0 Å². The average molecular weight is 322 g/mol. The highest BCUT2D eigenvalue weighted by molar-refractivity contribution is 8.45. The molecule has 0 N–H and O–H groups in total. The largest absolute Gasteiger partial charge is 0.375 e. The Bertz CT molecular complexity index is 350. The molecule has 1 saturated heterocycles. The van der Waals surface area contributed by atoms with Crippen molar-refractivity contribution in [2.75, 3.05) is 43.6 Å². The Morgan fingerprint density at radius 1 is 1.35 bits per heavy atom. The molecule has 1 fully saturated rings. The molecule has 0 amide bonds. The van der Waals surface area contributed by atoms with Crippen LogP contribution in [0.4, 0.5) is 0 Å². The minimum absolute atomic E-state index is 0.0797. The number of hydrogen-bond donors (Lipinski definition) is 0. The first-order valence-electron chi connectivity index (χ1n) is 7.29. The Morgan fingerprint density at radius 3 is 2.30 bits per heavy atom. The maximum Gasteiger partial charge on any atom is 0.0660 e. The van der Waals surface area contributed by atoms with Crippen LogP contribution in [0.25, 0.3) is 0 Å². The molecule has 0 bridgehead atoms. The summed E-state index contributed by atoms with van der Waals surface area (Å²) in [5.74, 6) is 1.34. The molecule has 2 nitrogen and oxygen atoms in total. The lowest BCUT2D eigenvalue weighted by molar-refractivity contribution is -0.0252. The van der Waals surface area contributed by atoms with E-state index < -0.39 is 20.4 Å². The molecule has 1 atom stereocenters. The van der Waals surface area contributed by atoms with E-state index in [9.17, 15) is 0 Å². The maximum atomic E-state index is 6.09. The van der Waals surface area contributed by atoms with E-state index in [0.29, 0.717) is 5.54 Å². The molecule has 0 aliphatic carbocycles. The van der Waals surface area contributed by atoms with Crippen molar-refractivity contribution >= 4 is 20.4 Å². The topological polar surface area (TPSA) is 12.5 Å². The predicted octanol–water partition coefficient (Wildman–Crippen LogP) is 4.41.